The van der Waals surface area contributed by atoms with E-state index in [4.69, 9.17) is 0 Å². The Morgan fingerprint density at radius 1 is 1.46 bits per heavy atom. The van der Waals surface area contributed by atoms with Gasteiger partial charge in [0.15, 0.2) is 9.84 Å². The molecular formula is C7H14BrNO3S. The van der Waals surface area contributed by atoms with Crippen molar-refractivity contribution in [3.63, 3.8) is 0 Å². The number of hydrogen-bond donors (Lipinski definition) is 0. The number of amides is 1. The van der Waals surface area contributed by atoms with Crippen LogP contribution >= 0.6 is 15.9 Å². The van der Waals surface area contributed by atoms with Crippen molar-refractivity contribution in [2.75, 3.05) is 30.4 Å². The quantitative estimate of drug-likeness (QED) is 0.675. The zero-order chi connectivity index (χ0) is 10.5. The van der Waals surface area contributed by atoms with E-state index in [1.165, 1.54) is 4.90 Å². The highest BCUT2D eigenvalue weighted by Gasteiger charge is 2.16. The Morgan fingerprint density at radius 2 is 2.00 bits per heavy atom. The van der Waals surface area contributed by atoms with Gasteiger partial charge in [0.05, 0.1) is 0 Å². The van der Waals surface area contributed by atoms with Crippen molar-refractivity contribution in [1.82, 2.24) is 4.90 Å². The summed E-state index contributed by atoms with van der Waals surface area (Å²) in [6.07, 6.45) is 1.06. The number of sulfone groups is 1. The van der Waals surface area contributed by atoms with Crippen LogP contribution in [-0.2, 0) is 14.6 Å². The molecule has 0 aromatic heterocycles. The Morgan fingerprint density at radius 3 is 2.31 bits per heavy atom. The van der Waals surface area contributed by atoms with Crippen LogP contribution in [0.25, 0.3) is 0 Å². The molecule has 0 N–H and O–H groups in total. The van der Waals surface area contributed by atoms with Crippen molar-refractivity contribution in [3.8, 4) is 0 Å². The van der Waals surface area contributed by atoms with E-state index in [-0.39, 0.29) is 5.91 Å². The predicted molar refractivity (Wildman–Crippen MR) is 55.8 cm³/mol. The summed E-state index contributed by atoms with van der Waals surface area (Å²) in [5.41, 5.74) is 0. The van der Waals surface area contributed by atoms with E-state index in [1.54, 1.807) is 0 Å². The molecule has 0 saturated heterocycles. The fourth-order valence-electron chi connectivity index (χ4n) is 0.877. The zero-order valence-corrected chi connectivity index (χ0v) is 10.2. The molecule has 0 bridgehead atoms. The molecule has 0 heterocycles. The van der Waals surface area contributed by atoms with Crippen LogP contribution in [0.15, 0.2) is 0 Å². The Hall–Kier alpha value is -0.100. The molecule has 0 saturated carbocycles. The van der Waals surface area contributed by atoms with Gasteiger partial charge in [0, 0.05) is 24.7 Å². The van der Waals surface area contributed by atoms with Crippen LogP contribution < -0.4 is 0 Å². The maximum atomic E-state index is 11.3. The summed E-state index contributed by atoms with van der Waals surface area (Å²) in [7, 11) is -3.20. The van der Waals surface area contributed by atoms with Crippen LogP contribution in [-0.4, -0.2) is 49.7 Å². The van der Waals surface area contributed by atoms with Gasteiger partial charge in [0.25, 0.3) is 0 Å². The summed E-state index contributed by atoms with van der Waals surface area (Å²) in [6, 6.07) is 0. The van der Waals surface area contributed by atoms with Crippen LogP contribution in [0.3, 0.4) is 0 Å². The van der Waals surface area contributed by atoms with Crippen LogP contribution in [0.4, 0.5) is 0 Å². The first-order chi connectivity index (χ1) is 5.90. The lowest BCUT2D eigenvalue weighted by Gasteiger charge is -2.18. The van der Waals surface area contributed by atoms with E-state index in [0.29, 0.717) is 18.4 Å². The van der Waals surface area contributed by atoms with Gasteiger partial charge in [0.2, 0.25) is 5.91 Å². The third-order valence-corrected chi connectivity index (χ3v) is 2.60. The maximum absolute atomic E-state index is 11.3. The highest BCUT2D eigenvalue weighted by molar-refractivity contribution is 9.09. The minimum absolute atomic E-state index is 0.329. The van der Waals surface area contributed by atoms with Crippen molar-refractivity contribution in [1.29, 1.82) is 0 Å². The first kappa shape index (κ1) is 12.9. The molecule has 0 aromatic rings. The fraction of sp³-hybridized carbons (Fsp3) is 0.857. The average Bonchev–Trinajstić information content (AvgIpc) is 1.96. The number of hydrogen-bond acceptors (Lipinski definition) is 3. The van der Waals surface area contributed by atoms with Crippen LogP contribution in [0.1, 0.15) is 6.92 Å². The summed E-state index contributed by atoms with van der Waals surface area (Å²) in [6.45, 7) is 2.91. The normalized spacial score (nSPS) is 11.3. The standard InChI is InChI=1S/C7H14BrNO3S/c1-3-9(5-4-8)7(10)6-13(2,11)12/h3-6H2,1-2H3. The Bertz CT molecular complexity index is 263. The Labute approximate surface area is 87.3 Å². The van der Waals surface area contributed by atoms with Gasteiger partial charge in [0.1, 0.15) is 5.75 Å². The molecule has 1 amide bonds. The number of carbonyl (C=O) groups is 1. The van der Waals surface area contributed by atoms with Gasteiger partial charge < -0.3 is 4.90 Å². The summed E-state index contributed by atoms with van der Waals surface area (Å²) < 4.78 is 21.6. The molecule has 13 heavy (non-hydrogen) atoms. The smallest absolute Gasteiger partial charge is 0.237 e. The second-order valence-electron chi connectivity index (χ2n) is 2.73. The molecule has 0 rings (SSSR count). The van der Waals surface area contributed by atoms with Gasteiger partial charge in [-0.15, -0.1) is 0 Å². The highest BCUT2D eigenvalue weighted by Crippen LogP contribution is 1.95. The van der Waals surface area contributed by atoms with E-state index in [9.17, 15) is 13.2 Å². The van der Waals surface area contributed by atoms with E-state index >= 15 is 0 Å². The molecule has 0 aliphatic heterocycles. The van der Waals surface area contributed by atoms with E-state index in [1.807, 2.05) is 6.92 Å². The maximum Gasteiger partial charge on any atom is 0.237 e. The van der Waals surface area contributed by atoms with E-state index < -0.39 is 15.6 Å². The molecule has 0 atom stereocenters. The van der Waals surface area contributed by atoms with Crippen molar-refractivity contribution >= 4 is 31.7 Å². The summed E-state index contributed by atoms with van der Waals surface area (Å²) >= 11 is 3.20. The van der Waals surface area contributed by atoms with Crippen molar-refractivity contribution in [2.24, 2.45) is 0 Å². The predicted octanol–water partition coefficient (Wildman–Crippen LogP) is 0.274. The van der Waals surface area contributed by atoms with Crippen LogP contribution in [0.5, 0.6) is 0 Å². The summed E-state index contributed by atoms with van der Waals surface area (Å²) in [4.78, 5) is 12.8. The molecular weight excluding hydrogens is 258 g/mol. The minimum Gasteiger partial charge on any atom is -0.341 e. The Balaban J connectivity index is 4.22. The molecule has 4 nitrogen and oxygen atoms in total. The summed E-state index contributed by atoms with van der Waals surface area (Å²) in [5.74, 6) is -0.724. The van der Waals surface area contributed by atoms with E-state index in [0.717, 1.165) is 6.26 Å². The third-order valence-electron chi connectivity index (χ3n) is 1.47. The fourth-order valence-corrected chi connectivity index (χ4v) is 1.94. The largest absolute Gasteiger partial charge is 0.341 e. The minimum atomic E-state index is -3.20. The number of alkyl halides is 1. The number of carbonyl (C=O) groups excluding carboxylic acids is 1. The first-order valence-electron chi connectivity index (χ1n) is 3.92. The molecule has 0 unspecified atom stereocenters. The zero-order valence-electron chi connectivity index (χ0n) is 7.79. The van der Waals surface area contributed by atoms with Crippen LogP contribution in [0.2, 0.25) is 0 Å². The Kier molecular flexibility index (Phi) is 5.55. The monoisotopic (exact) mass is 271 g/mol. The van der Waals surface area contributed by atoms with Crippen LogP contribution in [0, 0.1) is 0 Å². The highest BCUT2D eigenvalue weighted by atomic mass is 79.9. The lowest BCUT2D eigenvalue weighted by molar-refractivity contribution is -0.127. The lowest BCUT2D eigenvalue weighted by atomic mass is 10.5. The van der Waals surface area contributed by atoms with Gasteiger partial charge >= 0.3 is 0 Å². The van der Waals surface area contributed by atoms with Gasteiger partial charge in [-0.1, -0.05) is 15.9 Å². The molecule has 0 fully saturated rings. The number of halogens is 1. The molecule has 0 aliphatic rings. The molecule has 0 aromatic carbocycles. The second kappa shape index (κ2) is 5.59. The molecule has 78 valence electrons. The lowest BCUT2D eigenvalue weighted by Crippen LogP contribution is -2.36. The SMILES string of the molecule is CCN(CCBr)C(=O)CS(C)(=O)=O. The van der Waals surface area contributed by atoms with Crippen molar-refractivity contribution < 1.29 is 13.2 Å². The van der Waals surface area contributed by atoms with Gasteiger partial charge in [-0.05, 0) is 6.92 Å². The second-order valence-corrected chi connectivity index (χ2v) is 5.67. The number of rotatable bonds is 5. The van der Waals surface area contributed by atoms with Crippen molar-refractivity contribution in [2.45, 2.75) is 6.92 Å². The molecule has 6 heteroatoms. The topological polar surface area (TPSA) is 54.5 Å². The van der Waals surface area contributed by atoms with Crippen molar-refractivity contribution in [3.05, 3.63) is 0 Å². The molecule has 0 aliphatic carbocycles. The number of nitrogens with zero attached hydrogens (tertiary/aromatic N) is 1. The third kappa shape index (κ3) is 6.04. The van der Waals surface area contributed by atoms with Gasteiger partial charge in [-0.25, -0.2) is 8.42 Å². The summed E-state index contributed by atoms with van der Waals surface area (Å²) in [5, 5.41) is 0.663. The molecule has 0 spiro atoms. The van der Waals surface area contributed by atoms with Gasteiger partial charge in [-0.3, -0.25) is 4.79 Å². The van der Waals surface area contributed by atoms with E-state index in [2.05, 4.69) is 15.9 Å². The molecule has 0 radical (unpaired) electrons. The average molecular weight is 272 g/mol. The van der Waals surface area contributed by atoms with Gasteiger partial charge in [-0.2, -0.15) is 0 Å². The first-order valence-corrected chi connectivity index (χ1v) is 7.10.